The fraction of sp³-hybridized carbons (Fsp3) is 0.364. The van der Waals surface area contributed by atoms with Gasteiger partial charge in [0.2, 0.25) is 4.77 Å². The molecule has 0 bridgehead atoms. The molecule has 2 rings (SSSR count). The zero-order chi connectivity index (χ0) is 12.6. The van der Waals surface area contributed by atoms with Gasteiger partial charge in [-0.25, -0.2) is 0 Å². The molecule has 0 aliphatic heterocycles. The van der Waals surface area contributed by atoms with Crippen molar-refractivity contribution in [2.75, 3.05) is 0 Å². The first-order valence-electron chi connectivity index (χ1n) is 5.40. The summed E-state index contributed by atoms with van der Waals surface area (Å²) in [5, 5.41) is 5.52. The minimum absolute atomic E-state index is 0.0391. The summed E-state index contributed by atoms with van der Waals surface area (Å²) in [4.78, 5) is 16.4. The first-order valence-corrected chi connectivity index (χ1v) is 5.81. The average molecular weight is 250 g/mol. The molecule has 90 valence electrons. The van der Waals surface area contributed by atoms with Crippen molar-refractivity contribution in [2.24, 2.45) is 0 Å². The highest BCUT2D eigenvalue weighted by Crippen LogP contribution is 2.15. The number of aryl methyl sites for hydroxylation is 2. The van der Waals surface area contributed by atoms with E-state index in [1.165, 1.54) is 0 Å². The smallest absolute Gasteiger partial charge is 0.262 e. The van der Waals surface area contributed by atoms with Crippen LogP contribution in [0.4, 0.5) is 0 Å². The summed E-state index contributed by atoms with van der Waals surface area (Å²) in [6.45, 7) is 6.41. The highest BCUT2D eigenvalue weighted by Gasteiger charge is 2.13. The van der Waals surface area contributed by atoms with Gasteiger partial charge in [0.05, 0.1) is 5.56 Å². The third-order valence-corrected chi connectivity index (χ3v) is 2.95. The fourth-order valence-electron chi connectivity index (χ4n) is 2.00. The topological polar surface area (TPSA) is 66.5 Å². The number of aromatic nitrogens is 4. The van der Waals surface area contributed by atoms with Crippen LogP contribution >= 0.6 is 12.2 Å². The van der Waals surface area contributed by atoms with E-state index in [1.807, 2.05) is 26.8 Å². The predicted molar refractivity (Wildman–Crippen MR) is 68.6 cm³/mol. The van der Waals surface area contributed by atoms with Crippen LogP contribution in [-0.2, 0) is 6.54 Å². The number of aromatic amines is 2. The van der Waals surface area contributed by atoms with Gasteiger partial charge in [0.15, 0.2) is 5.82 Å². The van der Waals surface area contributed by atoms with E-state index in [2.05, 4.69) is 15.2 Å². The number of rotatable bonds is 2. The number of nitrogens with zero attached hydrogens (tertiary/aromatic N) is 2. The minimum Gasteiger partial charge on any atom is -0.313 e. The summed E-state index contributed by atoms with van der Waals surface area (Å²) in [6, 6.07) is 1.98. The molecule has 0 aromatic carbocycles. The van der Waals surface area contributed by atoms with Gasteiger partial charge < -0.3 is 4.57 Å². The maximum Gasteiger partial charge on any atom is 0.262 e. The molecule has 0 saturated heterocycles. The summed E-state index contributed by atoms with van der Waals surface area (Å²) < 4.78 is 2.07. The van der Waals surface area contributed by atoms with E-state index >= 15 is 0 Å². The van der Waals surface area contributed by atoms with Crippen molar-refractivity contribution in [3.8, 4) is 11.4 Å². The molecule has 0 aliphatic rings. The Kier molecular flexibility index (Phi) is 2.97. The molecule has 0 amide bonds. The van der Waals surface area contributed by atoms with Gasteiger partial charge in [0, 0.05) is 12.2 Å². The Balaban J connectivity index is 2.78. The summed E-state index contributed by atoms with van der Waals surface area (Å²) in [5.41, 5.74) is 2.38. The largest absolute Gasteiger partial charge is 0.313 e. The normalized spacial score (nSPS) is 10.8. The Hall–Kier alpha value is -1.69. The van der Waals surface area contributed by atoms with Crippen LogP contribution in [0.25, 0.3) is 11.4 Å². The van der Waals surface area contributed by atoms with Gasteiger partial charge in [-0.15, -0.1) is 0 Å². The van der Waals surface area contributed by atoms with Crippen molar-refractivity contribution in [3.63, 3.8) is 0 Å². The van der Waals surface area contributed by atoms with E-state index in [0.717, 1.165) is 11.3 Å². The van der Waals surface area contributed by atoms with Gasteiger partial charge in [0.1, 0.15) is 0 Å². The van der Waals surface area contributed by atoms with E-state index in [9.17, 15) is 4.79 Å². The molecule has 2 heterocycles. The standard InChI is InChI=1S/C11H14N4OS/c1-4-15-7(3)5-6(2)8(10(15)16)9-12-11(17)14-13-9/h5H,4H2,1-3H3,(H2,12,13,14,17). The lowest BCUT2D eigenvalue weighted by molar-refractivity contribution is 0.699. The first kappa shape index (κ1) is 11.8. The Labute approximate surface area is 104 Å². The van der Waals surface area contributed by atoms with E-state index in [-0.39, 0.29) is 5.56 Å². The molecule has 5 nitrogen and oxygen atoms in total. The lowest BCUT2D eigenvalue weighted by Crippen LogP contribution is -2.24. The molecule has 0 spiro atoms. The maximum atomic E-state index is 12.3. The molecule has 0 aliphatic carbocycles. The molecule has 2 aromatic heterocycles. The highest BCUT2D eigenvalue weighted by molar-refractivity contribution is 7.71. The van der Waals surface area contributed by atoms with E-state index in [1.54, 1.807) is 4.57 Å². The molecule has 0 radical (unpaired) electrons. The SMILES string of the molecule is CCn1c(C)cc(C)c(-c2nc(=S)[nH][nH]2)c1=O. The van der Waals surface area contributed by atoms with Crippen LogP contribution in [0.3, 0.4) is 0 Å². The summed E-state index contributed by atoms with van der Waals surface area (Å²) in [7, 11) is 0. The third kappa shape index (κ3) is 1.95. The molecular formula is C11H14N4OS. The summed E-state index contributed by atoms with van der Waals surface area (Å²) in [5.74, 6) is 0.500. The van der Waals surface area contributed by atoms with Crippen LogP contribution in [-0.4, -0.2) is 19.7 Å². The van der Waals surface area contributed by atoms with Crippen molar-refractivity contribution in [2.45, 2.75) is 27.3 Å². The second-order valence-electron chi connectivity index (χ2n) is 3.91. The van der Waals surface area contributed by atoms with Gasteiger partial charge in [0.25, 0.3) is 5.56 Å². The Morgan fingerprint density at radius 1 is 1.41 bits per heavy atom. The van der Waals surface area contributed by atoms with E-state index < -0.39 is 0 Å². The quantitative estimate of drug-likeness (QED) is 0.800. The maximum absolute atomic E-state index is 12.3. The fourth-order valence-corrected chi connectivity index (χ4v) is 2.14. The lowest BCUT2D eigenvalue weighted by Gasteiger charge is -2.11. The Morgan fingerprint density at radius 3 is 2.65 bits per heavy atom. The molecule has 0 unspecified atom stereocenters. The summed E-state index contributed by atoms with van der Waals surface area (Å²) in [6.07, 6.45) is 0. The molecule has 0 saturated carbocycles. The van der Waals surface area contributed by atoms with E-state index in [4.69, 9.17) is 12.2 Å². The van der Waals surface area contributed by atoms with Crippen molar-refractivity contribution in [1.29, 1.82) is 0 Å². The third-order valence-electron chi connectivity index (χ3n) is 2.76. The van der Waals surface area contributed by atoms with Crippen molar-refractivity contribution < 1.29 is 0 Å². The minimum atomic E-state index is -0.0391. The number of pyridine rings is 1. The van der Waals surface area contributed by atoms with Crippen LogP contribution in [0.2, 0.25) is 0 Å². The predicted octanol–water partition coefficient (Wildman–Crippen LogP) is 1.93. The molecule has 2 aromatic rings. The van der Waals surface area contributed by atoms with Crippen LogP contribution in [0.15, 0.2) is 10.9 Å². The zero-order valence-corrected chi connectivity index (χ0v) is 10.8. The average Bonchev–Trinajstić information content (AvgIpc) is 2.64. The van der Waals surface area contributed by atoms with Gasteiger partial charge in [-0.2, -0.15) is 4.98 Å². The van der Waals surface area contributed by atoms with Gasteiger partial charge in [-0.3, -0.25) is 15.0 Å². The number of hydrogen-bond donors (Lipinski definition) is 2. The molecule has 17 heavy (non-hydrogen) atoms. The van der Waals surface area contributed by atoms with Crippen molar-refractivity contribution >= 4 is 12.2 Å². The first-order chi connectivity index (χ1) is 8.04. The summed E-state index contributed by atoms with van der Waals surface area (Å²) >= 11 is 4.90. The van der Waals surface area contributed by atoms with Crippen molar-refractivity contribution in [1.82, 2.24) is 19.7 Å². The Bertz CT molecular complexity index is 665. The molecule has 6 heteroatoms. The van der Waals surface area contributed by atoms with Crippen molar-refractivity contribution in [3.05, 3.63) is 32.4 Å². The number of H-pyrrole nitrogens is 2. The van der Waals surface area contributed by atoms with Crippen LogP contribution in [0, 0.1) is 18.6 Å². The number of nitrogens with one attached hydrogen (secondary N) is 2. The molecular weight excluding hydrogens is 236 g/mol. The monoisotopic (exact) mass is 250 g/mol. The van der Waals surface area contributed by atoms with Gasteiger partial charge in [-0.05, 0) is 44.6 Å². The molecule has 2 N–H and O–H groups in total. The number of hydrogen-bond acceptors (Lipinski definition) is 3. The lowest BCUT2D eigenvalue weighted by atomic mass is 10.1. The van der Waals surface area contributed by atoms with Gasteiger partial charge in [-0.1, -0.05) is 0 Å². The second-order valence-corrected chi connectivity index (χ2v) is 4.30. The second kappa shape index (κ2) is 4.29. The van der Waals surface area contributed by atoms with Gasteiger partial charge >= 0.3 is 0 Å². The van der Waals surface area contributed by atoms with Crippen LogP contribution in [0.5, 0.6) is 0 Å². The Morgan fingerprint density at radius 2 is 2.12 bits per heavy atom. The van der Waals surface area contributed by atoms with Crippen LogP contribution in [0.1, 0.15) is 18.2 Å². The molecule has 0 atom stereocenters. The molecule has 0 fully saturated rings. The zero-order valence-electron chi connectivity index (χ0n) is 10.00. The van der Waals surface area contributed by atoms with E-state index in [0.29, 0.717) is 22.7 Å². The highest BCUT2D eigenvalue weighted by atomic mass is 32.1. The van der Waals surface area contributed by atoms with Crippen LogP contribution < -0.4 is 5.56 Å².